The summed E-state index contributed by atoms with van der Waals surface area (Å²) in [5.41, 5.74) is 0. The molecule has 0 saturated carbocycles. The van der Waals surface area contributed by atoms with E-state index in [1.807, 2.05) is 6.92 Å². The van der Waals surface area contributed by atoms with Crippen molar-refractivity contribution in [3.8, 4) is 0 Å². The first-order valence-corrected chi connectivity index (χ1v) is 3.46. The van der Waals surface area contributed by atoms with Gasteiger partial charge >= 0.3 is 0 Å². The van der Waals surface area contributed by atoms with Crippen molar-refractivity contribution in [1.82, 2.24) is 10.0 Å². The summed E-state index contributed by atoms with van der Waals surface area (Å²) in [5.74, 6) is 0. The summed E-state index contributed by atoms with van der Waals surface area (Å²) in [5, 5.41) is 8.40. The number of piperazine rings is 1. The van der Waals surface area contributed by atoms with Crippen LogP contribution in [0.1, 0.15) is 6.92 Å². The van der Waals surface area contributed by atoms with Gasteiger partial charge in [-0.15, -0.1) is 9.81 Å². The lowest BCUT2D eigenvalue weighted by Gasteiger charge is -2.32. The third-order valence-electron chi connectivity index (χ3n) is 1.79. The fraction of sp³-hybridized carbons (Fsp3) is 1.00. The molecular weight excluding hydrogens is 148 g/mol. The summed E-state index contributed by atoms with van der Waals surface area (Å²) in [7, 11) is 0. The molecule has 0 spiro atoms. The maximum atomic E-state index is 10.1. The molecule has 0 aromatic rings. The van der Waals surface area contributed by atoms with Gasteiger partial charge in [0.1, 0.15) is 0 Å². The Morgan fingerprint density at radius 2 is 2.00 bits per heavy atom. The van der Waals surface area contributed by atoms with E-state index < -0.39 is 0 Å². The van der Waals surface area contributed by atoms with Crippen LogP contribution in [0.2, 0.25) is 0 Å². The molecule has 62 valence electrons. The molecule has 0 aromatic carbocycles. The van der Waals surface area contributed by atoms with Crippen LogP contribution in [0, 0.1) is 9.81 Å². The zero-order valence-corrected chi connectivity index (χ0v) is 6.30. The van der Waals surface area contributed by atoms with E-state index in [0.717, 1.165) is 0 Å². The van der Waals surface area contributed by atoms with E-state index in [4.69, 9.17) is 0 Å². The molecule has 1 heterocycles. The normalized spacial score (nSPS) is 25.0. The Kier molecular flexibility index (Phi) is 2.35. The van der Waals surface area contributed by atoms with Crippen molar-refractivity contribution in [3.63, 3.8) is 0 Å². The Morgan fingerprint density at radius 1 is 1.27 bits per heavy atom. The van der Waals surface area contributed by atoms with E-state index in [9.17, 15) is 9.81 Å². The number of rotatable bonds is 2. The van der Waals surface area contributed by atoms with Crippen molar-refractivity contribution in [2.75, 3.05) is 19.6 Å². The van der Waals surface area contributed by atoms with E-state index in [-0.39, 0.29) is 6.04 Å². The highest BCUT2D eigenvalue weighted by atomic mass is 16.3. The van der Waals surface area contributed by atoms with Crippen molar-refractivity contribution < 1.29 is 0 Å². The Balaban J connectivity index is 2.46. The first kappa shape index (κ1) is 7.90. The highest BCUT2D eigenvalue weighted by Crippen LogP contribution is 2.08. The summed E-state index contributed by atoms with van der Waals surface area (Å²) in [4.78, 5) is 20.2. The molecule has 1 unspecified atom stereocenters. The van der Waals surface area contributed by atoms with Crippen molar-refractivity contribution in [3.05, 3.63) is 9.81 Å². The van der Waals surface area contributed by atoms with Crippen LogP contribution in [0.15, 0.2) is 10.6 Å². The standard InChI is InChI=1S/C5H10N4O2/c1-5-4-8(6-10)2-3-9(5)7-11/h5H,2-4H2,1H3. The van der Waals surface area contributed by atoms with E-state index in [1.54, 1.807) is 0 Å². The third kappa shape index (κ3) is 1.63. The average Bonchev–Trinajstić information content (AvgIpc) is 2.04. The lowest BCUT2D eigenvalue weighted by atomic mass is 10.2. The van der Waals surface area contributed by atoms with Gasteiger partial charge in [0.15, 0.2) is 0 Å². The molecule has 6 heteroatoms. The van der Waals surface area contributed by atoms with E-state index in [1.165, 1.54) is 10.0 Å². The molecule has 1 aliphatic rings. The zero-order chi connectivity index (χ0) is 8.27. The fourth-order valence-electron chi connectivity index (χ4n) is 1.12. The van der Waals surface area contributed by atoms with Gasteiger partial charge in [0.05, 0.1) is 36.2 Å². The van der Waals surface area contributed by atoms with Gasteiger partial charge in [0.2, 0.25) is 0 Å². The summed E-state index contributed by atoms with van der Waals surface area (Å²) >= 11 is 0. The fourth-order valence-corrected chi connectivity index (χ4v) is 1.12. The second-order valence-corrected chi connectivity index (χ2v) is 2.59. The second-order valence-electron chi connectivity index (χ2n) is 2.59. The molecule has 1 aliphatic heterocycles. The topological polar surface area (TPSA) is 65.3 Å². The lowest BCUT2D eigenvalue weighted by molar-refractivity contribution is 0.0859. The van der Waals surface area contributed by atoms with Crippen LogP contribution in [0.3, 0.4) is 0 Å². The third-order valence-corrected chi connectivity index (χ3v) is 1.79. The van der Waals surface area contributed by atoms with E-state index in [2.05, 4.69) is 10.6 Å². The number of nitroso groups, excluding NO2 is 2. The first-order valence-electron chi connectivity index (χ1n) is 3.46. The van der Waals surface area contributed by atoms with Gasteiger partial charge in [0.25, 0.3) is 0 Å². The largest absolute Gasteiger partial charge is 0.257 e. The smallest absolute Gasteiger partial charge is 0.0668 e. The highest BCUT2D eigenvalue weighted by molar-refractivity contribution is 4.73. The predicted octanol–water partition coefficient (Wildman–Crippen LogP) is 0.355. The number of hydrogen-bond donors (Lipinski definition) is 0. The molecule has 1 atom stereocenters. The molecular formula is C5H10N4O2. The molecule has 0 N–H and O–H groups in total. The molecule has 0 amide bonds. The van der Waals surface area contributed by atoms with Crippen LogP contribution in [0.5, 0.6) is 0 Å². The Bertz CT molecular complexity index is 163. The van der Waals surface area contributed by atoms with Gasteiger partial charge in [-0.1, -0.05) is 0 Å². The van der Waals surface area contributed by atoms with Crippen LogP contribution < -0.4 is 0 Å². The number of hydrogen-bond acceptors (Lipinski definition) is 4. The van der Waals surface area contributed by atoms with Gasteiger partial charge < -0.3 is 0 Å². The van der Waals surface area contributed by atoms with Crippen molar-refractivity contribution in [1.29, 1.82) is 0 Å². The molecule has 0 radical (unpaired) electrons. The van der Waals surface area contributed by atoms with Gasteiger partial charge in [0, 0.05) is 0 Å². The van der Waals surface area contributed by atoms with Crippen LogP contribution in [0.4, 0.5) is 0 Å². The molecule has 6 nitrogen and oxygen atoms in total. The summed E-state index contributed by atoms with van der Waals surface area (Å²) in [6.45, 7) is 3.28. The maximum absolute atomic E-state index is 10.1. The highest BCUT2D eigenvalue weighted by Gasteiger charge is 2.22. The SMILES string of the molecule is CC1CN(N=O)CCN1N=O. The Morgan fingerprint density at radius 3 is 2.45 bits per heavy atom. The predicted molar refractivity (Wildman–Crippen MR) is 39.3 cm³/mol. The van der Waals surface area contributed by atoms with Crippen molar-refractivity contribution in [2.24, 2.45) is 10.6 Å². The zero-order valence-electron chi connectivity index (χ0n) is 6.30. The summed E-state index contributed by atoms with van der Waals surface area (Å²) < 4.78 is 0. The first-order chi connectivity index (χ1) is 5.27. The minimum absolute atomic E-state index is 0.0149. The average molecular weight is 158 g/mol. The molecule has 1 saturated heterocycles. The lowest BCUT2D eigenvalue weighted by Crippen LogP contribution is -2.47. The van der Waals surface area contributed by atoms with Gasteiger partial charge in [-0.2, -0.15) is 0 Å². The van der Waals surface area contributed by atoms with Gasteiger partial charge in [-0.05, 0) is 6.92 Å². The van der Waals surface area contributed by atoms with Crippen molar-refractivity contribution in [2.45, 2.75) is 13.0 Å². The molecule has 0 aromatic heterocycles. The second kappa shape index (κ2) is 3.27. The molecule has 0 bridgehead atoms. The van der Waals surface area contributed by atoms with Gasteiger partial charge in [-0.25, -0.2) is 0 Å². The minimum Gasteiger partial charge on any atom is -0.257 e. The molecule has 11 heavy (non-hydrogen) atoms. The maximum Gasteiger partial charge on any atom is 0.0668 e. The van der Waals surface area contributed by atoms with Crippen LogP contribution in [-0.4, -0.2) is 35.7 Å². The van der Waals surface area contributed by atoms with Crippen molar-refractivity contribution >= 4 is 0 Å². The minimum atomic E-state index is -0.0149. The molecule has 1 fully saturated rings. The van der Waals surface area contributed by atoms with E-state index in [0.29, 0.717) is 19.6 Å². The Hall–Kier alpha value is -1.20. The summed E-state index contributed by atoms with van der Waals surface area (Å²) in [6, 6.07) is -0.0149. The quantitative estimate of drug-likeness (QED) is 0.544. The summed E-state index contributed by atoms with van der Waals surface area (Å²) in [6.07, 6.45) is 0. The molecule has 0 aliphatic carbocycles. The van der Waals surface area contributed by atoms with Crippen LogP contribution in [0.25, 0.3) is 0 Å². The van der Waals surface area contributed by atoms with Crippen LogP contribution >= 0.6 is 0 Å². The van der Waals surface area contributed by atoms with E-state index >= 15 is 0 Å². The Labute approximate surface area is 64.0 Å². The van der Waals surface area contributed by atoms with Crippen LogP contribution in [-0.2, 0) is 0 Å². The number of nitrogens with zero attached hydrogens (tertiary/aromatic N) is 4. The monoisotopic (exact) mass is 158 g/mol. The van der Waals surface area contributed by atoms with Gasteiger partial charge in [-0.3, -0.25) is 10.0 Å². The molecule has 1 rings (SSSR count).